The molecular weight excluding hydrogens is 237 g/mol. The number of benzene rings is 1. The molecule has 1 fully saturated rings. The van der Waals surface area contributed by atoms with Gasteiger partial charge in [-0.3, -0.25) is 0 Å². The molecule has 2 heteroatoms. The second-order valence-electron chi connectivity index (χ2n) is 5.99. The lowest BCUT2D eigenvalue weighted by atomic mass is 9.82. The van der Waals surface area contributed by atoms with Gasteiger partial charge in [-0.15, -0.1) is 0 Å². The first-order valence-corrected chi connectivity index (χ1v) is 7.60. The van der Waals surface area contributed by atoms with E-state index in [-0.39, 0.29) is 5.82 Å². The molecule has 0 radical (unpaired) electrons. The maximum absolute atomic E-state index is 13.2. The van der Waals surface area contributed by atoms with E-state index in [0.29, 0.717) is 0 Å². The van der Waals surface area contributed by atoms with Gasteiger partial charge in [-0.2, -0.15) is 0 Å². The summed E-state index contributed by atoms with van der Waals surface area (Å²) in [4.78, 5) is 0. The van der Waals surface area contributed by atoms with Crippen molar-refractivity contribution < 1.29 is 4.39 Å². The van der Waals surface area contributed by atoms with E-state index in [2.05, 4.69) is 5.32 Å². The first-order chi connectivity index (χ1) is 9.20. The first-order valence-electron chi connectivity index (χ1n) is 7.60. The van der Waals surface area contributed by atoms with Gasteiger partial charge in [0.05, 0.1) is 0 Å². The molecule has 1 aliphatic rings. The lowest BCUT2D eigenvalue weighted by Crippen LogP contribution is -2.26. The van der Waals surface area contributed by atoms with Crippen LogP contribution in [-0.4, -0.2) is 13.6 Å². The number of nitrogens with one attached hydrogen (secondary N) is 1. The maximum atomic E-state index is 13.2. The van der Waals surface area contributed by atoms with Gasteiger partial charge in [0.1, 0.15) is 5.82 Å². The average Bonchev–Trinajstić information content (AvgIpc) is 2.59. The quantitative estimate of drug-likeness (QED) is 0.807. The summed E-state index contributed by atoms with van der Waals surface area (Å²) in [5.74, 6) is 1.41. The number of hydrogen-bond donors (Lipinski definition) is 1. The molecule has 0 aliphatic heterocycles. The fraction of sp³-hybridized carbons (Fsp3) is 0.647. The molecule has 2 unspecified atom stereocenters. The van der Waals surface area contributed by atoms with Crippen LogP contribution in [0.2, 0.25) is 0 Å². The lowest BCUT2D eigenvalue weighted by Gasteiger charge is -2.25. The SMILES string of the molecule is CNCC1CCCCCC1Cc1ccc(F)cc1C. The molecule has 2 rings (SSSR count). The summed E-state index contributed by atoms with van der Waals surface area (Å²) in [6.45, 7) is 3.15. The number of rotatable bonds is 4. The van der Waals surface area contributed by atoms with Gasteiger partial charge in [-0.1, -0.05) is 25.3 Å². The van der Waals surface area contributed by atoms with Gasteiger partial charge in [0.25, 0.3) is 0 Å². The monoisotopic (exact) mass is 263 g/mol. The summed E-state index contributed by atoms with van der Waals surface area (Å²) in [5.41, 5.74) is 2.43. The Morgan fingerprint density at radius 1 is 1.16 bits per heavy atom. The zero-order chi connectivity index (χ0) is 13.7. The molecule has 0 saturated heterocycles. The molecule has 1 N–H and O–H groups in total. The largest absolute Gasteiger partial charge is 0.319 e. The topological polar surface area (TPSA) is 12.0 Å². The van der Waals surface area contributed by atoms with Gasteiger partial charge in [0.15, 0.2) is 0 Å². The molecule has 2 atom stereocenters. The van der Waals surface area contributed by atoms with Crippen molar-refractivity contribution in [2.45, 2.75) is 45.4 Å². The second-order valence-corrected chi connectivity index (χ2v) is 5.99. The Bertz CT molecular complexity index is 402. The Labute approximate surface area is 116 Å². The van der Waals surface area contributed by atoms with Gasteiger partial charge < -0.3 is 5.32 Å². The minimum Gasteiger partial charge on any atom is -0.319 e. The van der Waals surface area contributed by atoms with Gasteiger partial charge in [0.2, 0.25) is 0 Å². The molecule has 0 heterocycles. The molecular formula is C17H26FN. The third-order valence-corrected chi connectivity index (χ3v) is 4.57. The van der Waals surface area contributed by atoms with Crippen molar-refractivity contribution >= 4 is 0 Å². The van der Waals surface area contributed by atoms with Gasteiger partial charge >= 0.3 is 0 Å². The van der Waals surface area contributed by atoms with Crippen LogP contribution in [0.1, 0.15) is 43.2 Å². The van der Waals surface area contributed by atoms with Crippen molar-refractivity contribution in [1.82, 2.24) is 5.32 Å². The molecule has 1 nitrogen and oxygen atoms in total. The smallest absolute Gasteiger partial charge is 0.123 e. The summed E-state index contributed by atoms with van der Waals surface area (Å²) >= 11 is 0. The van der Waals surface area contributed by atoms with Crippen LogP contribution in [0.25, 0.3) is 0 Å². The van der Waals surface area contributed by atoms with Gasteiger partial charge in [-0.25, -0.2) is 4.39 Å². The van der Waals surface area contributed by atoms with E-state index in [0.717, 1.165) is 30.4 Å². The van der Waals surface area contributed by atoms with Crippen LogP contribution in [0, 0.1) is 24.6 Å². The number of hydrogen-bond acceptors (Lipinski definition) is 1. The van der Waals surface area contributed by atoms with Crippen molar-refractivity contribution in [3.63, 3.8) is 0 Å². The minimum absolute atomic E-state index is 0.117. The molecule has 1 aliphatic carbocycles. The van der Waals surface area contributed by atoms with Crippen molar-refractivity contribution in [3.05, 3.63) is 35.1 Å². The highest BCUT2D eigenvalue weighted by molar-refractivity contribution is 5.27. The molecule has 19 heavy (non-hydrogen) atoms. The summed E-state index contributed by atoms with van der Waals surface area (Å²) in [6.07, 6.45) is 7.86. The van der Waals surface area contributed by atoms with Crippen LogP contribution in [0.3, 0.4) is 0 Å². The van der Waals surface area contributed by atoms with Gasteiger partial charge in [-0.05, 0) is 74.9 Å². The van der Waals surface area contributed by atoms with E-state index >= 15 is 0 Å². The fourth-order valence-corrected chi connectivity index (χ4v) is 3.43. The third-order valence-electron chi connectivity index (χ3n) is 4.57. The number of aryl methyl sites for hydroxylation is 1. The molecule has 0 amide bonds. The van der Waals surface area contributed by atoms with Crippen molar-refractivity contribution in [2.24, 2.45) is 11.8 Å². The highest BCUT2D eigenvalue weighted by Crippen LogP contribution is 2.31. The summed E-state index contributed by atoms with van der Waals surface area (Å²) < 4.78 is 13.2. The van der Waals surface area contributed by atoms with E-state index in [1.807, 2.05) is 20.0 Å². The van der Waals surface area contributed by atoms with Crippen LogP contribution in [-0.2, 0) is 6.42 Å². The average molecular weight is 263 g/mol. The number of halogens is 1. The maximum Gasteiger partial charge on any atom is 0.123 e. The van der Waals surface area contributed by atoms with Crippen molar-refractivity contribution in [3.8, 4) is 0 Å². The van der Waals surface area contributed by atoms with E-state index in [4.69, 9.17) is 0 Å². The van der Waals surface area contributed by atoms with E-state index < -0.39 is 0 Å². The van der Waals surface area contributed by atoms with Crippen LogP contribution < -0.4 is 5.32 Å². The van der Waals surface area contributed by atoms with Crippen molar-refractivity contribution in [2.75, 3.05) is 13.6 Å². The van der Waals surface area contributed by atoms with Crippen molar-refractivity contribution in [1.29, 1.82) is 0 Å². The zero-order valence-corrected chi connectivity index (χ0v) is 12.2. The van der Waals surface area contributed by atoms with Crippen LogP contribution in [0.4, 0.5) is 4.39 Å². The lowest BCUT2D eigenvalue weighted by molar-refractivity contribution is 0.303. The summed E-state index contributed by atoms with van der Waals surface area (Å²) in [6, 6.07) is 5.25. The van der Waals surface area contributed by atoms with Crippen LogP contribution in [0.15, 0.2) is 18.2 Å². The highest BCUT2D eigenvalue weighted by atomic mass is 19.1. The molecule has 106 valence electrons. The second kappa shape index (κ2) is 7.04. The predicted octanol–water partition coefficient (Wildman–Crippen LogP) is 4.09. The minimum atomic E-state index is -0.117. The molecule has 1 aromatic carbocycles. The van der Waals surface area contributed by atoms with Gasteiger partial charge in [0, 0.05) is 0 Å². The summed E-state index contributed by atoms with van der Waals surface area (Å²) in [5, 5.41) is 3.34. The van der Waals surface area contributed by atoms with E-state index in [9.17, 15) is 4.39 Å². The summed E-state index contributed by atoms with van der Waals surface area (Å²) in [7, 11) is 2.05. The Hall–Kier alpha value is -0.890. The third kappa shape index (κ3) is 4.04. The Kier molecular flexibility index (Phi) is 5.38. The standard InChI is InChI=1S/C17H26FN/c1-13-10-17(18)9-8-14(13)11-15-6-4-3-5-7-16(15)12-19-2/h8-10,15-16,19H,3-7,11-12H2,1-2H3. The zero-order valence-electron chi connectivity index (χ0n) is 12.2. The Morgan fingerprint density at radius 2 is 1.89 bits per heavy atom. The fourth-order valence-electron chi connectivity index (χ4n) is 3.43. The molecule has 0 bridgehead atoms. The Morgan fingerprint density at radius 3 is 2.58 bits per heavy atom. The normalized spacial score (nSPS) is 24.2. The molecule has 0 aromatic heterocycles. The van der Waals surface area contributed by atoms with E-state index in [1.54, 1.807) is 12.1 Å². The van der Waals surface area contributed by atoms with E-state index in [1.165, 1.54) is 37.7 Å². The molecule has 0 spiro atoms. The first kappa shape index (κ1) is 14.5. The Balaban J connectivity index is 2.09. The van der Waals surface area contributed by atoms with Crippen LogP contribution in [0.5, 0.6) is 0 Å². The van der Waals surface area contributed by atoms with Crippen LogP contribution >= 0.6 is 0 Å². The molecule has 1 aromatic rings. The predicted molar refractivity (Wildman–Crippen MR) is 78.8 cm³/mol. The highest BCUT2D eigenvalue weighted by Gasteiger charge is 2.23. The molecule has 1 saturated carbocycles.